The molecule has 0 radical (unpaired) electrons. The van der Waals surface area contributed by atoms with Crippen molar-refractivity contribution in [3.05, 3.63) is 57.8 Å². The van der Waals surface area contributed by atoms with Crippen LogP contribution in [0.1, 0.15) is 42.1 Å². The van der Waals surface area contributed by atoms with E-state index in [1.54, 1.807) is 11.0 Å². The van der Waals surface area contributed by atoms with E-state index in [4.69, 9.17) is 0 Å². The van der Waals surface area contributed by atoms with Crippen molar-refractivity contribution < 1.29 is 22.9 Å². The normalized spacial score (nSPS) is 17.9. The van der Waals surface area contributed by atoms with Gasteiger partial charge in [-0.2, -0.15) is 13.2 Å². The number of carbonyl (C=O) groups is 1. The van der Waals surface area contributed by atoms with Crippen LogP contribution in [-0.2, 0) is 6.18 Å². The molecule has 0 unspecified atom stereocenters. The molecule has 2 saturated heterocycles. The maximum absolute atomic E-state index is 13.6. The molecule has 0 N–H and O–H groups in total. The molecule has 188 valence electrons. The number of rotatable bonds is 4. The minimum absolute atomic E-state index is 0.132. The number of alkyl halides is 3. The van der Waals surface area contributed by atoms with Gasteiger partial charge in [-0.3, -0.25) is 14.9 Å². The van der Waals surface area contributed by atoms with E-state index < -0.39 is 16.7 Å². The molecule has 2 aliphatic heterocycles. The number of nitro groups is 1. The van der Waals surface area contributed by atoms with Gasteiger partial charge >= 0.3 is 6.18 Å². The van der Waals surface area contributed by atoms with Crippen molar-refractivity contribution in [3.63, 3.8) is 0 Å². The lowest BCUT2D eigenvalue weighted by atomic mass is 9.97. The highest BCUT2D eigenvalue weighted by molar-refractivity contribution is 6.00. The monoisotopic (exact) mass is 491 g/mol. The van der Waals surface area contributed by atoms with E-state index in [1.807, 2.05) is 4.90 Å². The fraction of sp³-hybridized carbons (Fsp3) is 0.500. The predicted octanol–water partition coefficient (Wildman–Crippen LogP) is 4.60. The Kier molecular flexibility index (Phi) is 7.13. The summed E-state index contributed by atoms with van der Waals surface area (Å²) in [6, 6.07) is 6.80. The van der Waals surface area contributed by atoms with Crippen molar-refractivity contribution in [1.82, 2.24) is 9.88 Å². The van der Waals surface area contributed by atoms with Crippen molar-refractivity contribution in [2.75, 3.05) is 49.1 Å². The number of nitrogens with zero attached hydrogens (tertiary/aromatic N) is 5. The van der Waals surface area contributed by atoms with Crippen molar-refractivity contribution in [2.24, 2.45) is 5.92 Å². The average molecular weight is 492 g/mol. The summed E-state index contributed by atoms with van der Waals surface area (Å²) in [5.41, 5.74) is 0.0823. The Labute approximate surface area is 201 Å². The summed E-state index contributed by atoms with van der Waals surface area (Å²) in [5.74, 6) is 0.745. The zero-order valence-electron chi connectivity index (χ0n) is 19.5. The zero-order chi connectivity index (χ0) is 25.2. The molecular weight excluding hydrogens is 463 g/mol. The van der Waals surface area contributed by atoms with E-state index in [0.29, 0.717) is 55.6 Å². The van der Waals surface area contributed by atoms with Crippen molar-refractivity contribution in [2.45, 2.75) is 32.4 Å². The molecule has 0 saturated carbocycles. The van der Waals surface area contributed by atoms with Gasteiger partial charge in [-0.1, -0.05) is 6.92 Å². The molecule has 2 fully saturated rings. The number of anilines is 2. The standard InChI is InChI=1S/C24H28F3N5O3/c1-17-7-11-29(12-8-17)21-5-4-19(32(34)35)15-20(21)23(33)31-10-2-9-30(13-14-31)22-6-3-18(16-28-22)24(25,26)27/h3-6,15-17H,2,7-14H2,1H3. The maximum Gasteiger partial charge on any atom is 0.417 e. The molecular formula is C24H28F3N5O3. The molecule has 1 aromatic heterocycles. The number of amides is 1. The van der Waals surface area contributed by atoms with Gasteiger partial charge in [0.2, 0.25) is 0 Å². The number of carbonyl (C=O) groups excluding carboxylic acids is 1. The number of pyridine rings is 1. The predicted molar refractivity (Wildman–Crippen MR) is 126 cm³/mol. The molecule has 1 aromatic carbocycles. The van der Waals surface area contributed by atoms with Crippen LogP contribution >= 0.6 is 0 Å². The smallest absolute Gasteiger partial charge is 0.371 e. The molecule has 35 heavy (non-hydrogen) atoms. The fourth-order valence-corrected chi connectivity index (χ4v) is 4.59. The summed E-state index contributed by atoms with van der Waals surface area (Å²) in [4.78, 5) is 34.1. The second kappa shape index (κ2) is 10.1. The number of piperidine rings is 1. The summed E-state index contributed by atoms with van der Waals surface area (Å²) in [5, 5.41) is 11.4. The van der Waals surface area contributed by atoms with Gasteiger partial charge in [-0.25, -0.2) is 4.98 Å². The largest absolute Gasteiger partial charge is 0.417 e. The Balaban J connectivity index is 1.52. The Bertz CT molecular complexity index is 1070. The third kappa shape index (κ3) is 5.66. The van der Waals surface area contributed by atoms with Crippen LogP contribution in [0.4, 0.5) is 30.4 Å². The fourth-order valence-electron chi connectivity index (χ4n) is 4.59. The molecule has 2 aromatic rings. The van der Waals surface area contributed by atoms with Crippen LogP contribution in [0.3, 0.4) is 0 Å². The van der Waals surface area contributed by atoms with Gasteiger partial charge in [0.1, 0.15) is 5.82 Å². The van der Waals surface area contributed by atoms with Gasteiger partial charge in [0.15, 0.2) is 0 Å². The first kappa shape index (κ1) is 24.7. The van der Waals surface area contributed by atoms with Crippen molar-refractivity contribution in [1.29, 1.82) is 0 Å². The lowest BCUT2D eigenvalue weighted by Gasteiger charge is -2.34. The number of benzene rings is 1. The number of halogens is 3. The van der Waals surface area contributed by atoms with Gasteiger partial charge in [-0.15, -0.1) is 0 Å². The van der Waals surface area contributed by atoms with Crippen LogP contribution in [0, 0.1) is 16.0 Å². The minimum Gasteiger partial charge on any atom is -0.371 e. The molecule has 0 atom stereocenters. The lowest BCUT2D eigenvalue weighted by molar-refractivity contribution is -0.384. The van der Waals surface area contributed by atoms with Gasteiger partial charge in [0.25, 0.3) is 11.6 Å². The topological polar surface area (TPSA) is 82.8 Å². The highest BCUT2D eigenvalue weighted by atomic mass is 19.4. The van der Waals surface area contributed by atoms with E-state index in [9.17, 15) is 28.1 Å². The van der Waals surface area contributed by atoms with Crippen LogP contribution in [0.2, 0.25) is 0 Å². The summed E-state index contributed by atoms with van der Waals surface area (Å²) in [7, 11) is 0. The summed E-state index contributed by atoms with van der Waals surface area (Å²) < 4.78 is 38.5. The Hall–Kier alpha value is -3.37. The quantitative estimate of drug-likeness (QED) is 0.459. The van der Waals surface area contributed by atoms with Crippen LogP contribution < -0.4 is 9.80 Å². The second-order valence-electron chi connectivity index (χ2n) is 9.16. The van der Waals surface area contributed by atoms with Gasteiger partial charge in [-0.05, 0) is 43.4 Å². The van der Waals surface area contributed by atoms with Crippen LogP contribution in [0.15, 0.2) is 36.5 Å². The summed E-state index contributed by atoms with van der Waals surface area (Å²) in [6.07, 6.45) is -1.05. The highest BCUT2D eigenvalue weighted by Crippen LogP contribution is 2.31. The molecule has 8 nitrogen and oxygen atoms in total. The van der Waals surface area contributed by atoms with Gasteiger partial charge in [0.05, 0.1) is 21.7 Å². The van der Waals surface area contributed by atoms with E-state index in [0.717, 1.165) is 38.2 Å². The minimum atomic E-state index is -4.45. The number of hydrogen-bond donors (Lipinski definition) is 0. The van der Waals surface area contributed by atoms with E-state index >= 15 is 0 Å². The first-order chi connectivity index (χ1) is 16.6. The van der Waals surface area contributed by atoms with E-state index in [-0.39, 0.29) is 11.6 Å². The van der Waals surface area contributed by atoms with Crippen molar-refractivity contribution in [3.8, 4) is 0 Å². The molecule has 4 rings (SSSR count). The van der Waals surface area contributed by atoms with E-state index in [1.165, 1.54) is 18.2 Å². The molecule has 1 amide bonds. The first-order valence-electron chi connectivity index (χ1n) is 11.7. The Morgan fingerprint density at radius 2 is 1.77 bits per heavy atom. The average Bonchev–Trinajstić information content (AvgIpc) is 3.10. The van der Waals surface area contributed by atoms with Crippen LogP contribution in [0.5, 0.6) is 0 Å². The summed E-state index contributed by atoms with van der Waals surface area (Å²) in [6.45, 7) is 5.46. The van der Waals surface area contributed by atoms with E-state index in [2.05, 4.69) is 16.8 Å². The molecule has 0 bridgehead atoms. The molecule has 0 aliphatic carbocycles. The first-order valence-corrected chi connectivity index (χ1v) is 11.7. The lowest BCUT2D eigenvalue weighted by Crippen LogP contribution is -2.38. The molecule has 11 heteroatoms. The Morgan fingerprint density at radius 1 is 1.03 bits per heavy atom. The SMILES string of the molecule is CC1CCN(c2ccc([N+](=O)[O-])cc2C(=O)N2CCCN(c3ccc(C(F)(F)F)cn3)CC2)CC1. The Morgan fingerprint density at radius 3 is 2.40 bits per heavy atom. The van der Waals surface area contributed by atoms with Gasteiger partial charge in [0, 0.05) is 57.6 Å². The molecule has 3 heterocycles. The molecule has 0 spiro atoms. The number of aromatic nitrogens is 1. The maximum atomic E-state index is 13.6. The number of hydrogen-bond acceptors (Lipinski definition) is 6. The van der Waals surface area contributed by atoms with Crippen molar-refractivity contribution >= 4 is 23.1 Å². The second-order valence-corrected chi connectivity index (χ2v) is 9.16. The van der Waals surface area contributed by atoms with Gasteiger partial charge < -0.3 is 14.7 Å². The highest BCUT2D eigenvalue weighted by Gasteiger charge is 2.31. The third-order valence-corrected chi connectivity index (χ3v) is 6.73. The number of non-ortho nitro benzene ring substituents is 1. The zero-order valence-corrected chi connectivity index (χ0v) is 19.5. The van der Waals surface area contributed by atoms with Crippen LogP contribution in [0.25, 0.3) is 0 Å². The van der Waals surface area contributed by atoms with Crippen LogP contribution in [-0.4, -0.2) is 60.0 Å². The third-order valence-electron chi connectivity index (χ3n) is 6.73. The number of nitro benzene ring substituents is 1. The molecule has 2 aliphatic rings. The summed E-state index contributed by atoms with van der Waals surface area (Å²) >= 11 is 0.